The van der Waals surface area contributed by atoms with Crippen LogP contribution < -0.4 is 11.1 Å². The number of benzene rings is 1. The quantitative estimate of drug-likeness (QED) is 0.724. The van der Waals surface area contributed by atoms with Gasteiger partial charge in [0.15, 0.2) is 0 Å². The van der Waals surface area contributed by atoms with Gasteiger partial charge in [-0.25, -0.2) is 0 Å². The highest BCUT2D eigenvalue weighted by atomic mass is 16.5. The Morgan fingerprint density at radius 3 is 2.78 bits per heavy atom. The Hall–Kier alpha value is -1.55. The van der Waals surface area contributed by atoms with Gasteiger partial charge in [-0.05, 0) is 18.1 Å². The number of anilines is 1. The molecule has 18 heavy (non-hydrogen) atoms. The number of rotatable bonds is 7. The zero-order valence-electron chi connectivity index (χ0n) is 11.1. The summed E-state index contributed by atoms with van der Waals surface area (Å²) in [5, 5.41) is 2.98. The van der Waals surface area contributed by atoms with E-state index in [1.165, 1.54) is 0 Å². The molecule has 0 saturated heterocycles. The van der Waals surface area contributed by atoms with Crippen LogP contribution in [0.3, 0.4) is 0 Å². The van der Waals surface area contributed by atoms with Crippen molar-refractivity contribution in [3.05, 3.63) is 29.8 Å². The van der Waals surface area contributed by atoms with Gasteiger partial charge in [-0.2, -0.15) is 0 Å². The van der Waals surface area contributed by atoms with Gasteiger partial charge in [0.05, 0.1) is 19.1 Å². The maximum absolute atomic E-state index is 11.9. The summed E-state index contributed by atoms with van der Waals surface area (Å²) in [6.45, 7) is 2.63. The predicted octanol–water partition coefficient (Wildman–Crippen LogP) is 1.74. The molecule has 4 heteroatoms. The number of nitrogens with one attached hydrogen (secondary N) is 1. The molecule has 0 fully saturated rings. The number of nitrogens with two attached hydrogens (primary N) is 1. The molecular formula is C14H22N2O2. The molecule has 1 aromatic rings. The topological polar surface area (TPSA) is 64.3 Å². The monoisotopic (exact) mass is 250 g/mol. The van der Waals surface area contributed by atoms with E-state index in [0.29, 0.717) is 18.7 Å². The fourth-order valence-corrected chi connectivity index (χ4v) is 1.89. The van der Waals surface area contributed by atoms with Crippen LogP contribution in [0.15, 0.2) is 24.3 Å². The SMILES string of the molecule is CCCC(COC)NC(=O)Cc1ccccc1N. The second-order valence-corrected chi connectivity index (χ2v) is 4.38. The fraction of sp³-hybridized carbons (Fsp3) is 0.500. The number of hydrogen-bond acceptors (Lipinski definition) is 3. The van der Waals surface area contributed by atoms with E-state index in [0.717, 1.165) is 18.4 Å². The van der Waals surface area contributed by atoms with E-state index in [-0.39, 0.29) is 11.9 Å². The Kier molecular flexibility index (Phi) is 6.22. The molecule has 4 nitrogen and oxygen atoms in total. The summed E-state index contributed by atoms with van der Waals surface area (Å²) in [6.07, 6.45) is 2.25. The normalized spacial score (nSPS) is 12.1. The smallest absolute Gasteiger partial charge is 0.224 e. The molecule has 0 aliphatic heterocycles. The van der Waals surface area contributed by atoms with E-state index < -0.39 is 0 Å². The number of methoxy groups -OCH3 is 1. The van der Waals surface area contributed by atoms with Gasteiger partial charge >= 0.3 is 0 Å². The second-order valence-electron chi connectivity index (χ2n) is 4.38. The Balaban J connectivity index is 2.52. The van der Waals surface area contributed by atoms with E-state index in [4.69, 9.17) is 10.5 Å². The molecule has 0 bridgehead atoms. The molecule has 1 rings (SSSR count). The van der Waals surface area contributed by atoms with Crippen molar-refractivity contribution in [3.8, 4) is 0 Å². The number of hydrogen-bond donors (Lipinski definition) is 2. The molecule has 0 aliphatic rings. The lowest BCUT2D eigenvalue weighted by molar-refractivity contribution is -0.121. The molecule has 100 valence electrons. The first kappa shape index (κ1) is 14.5. The highest BCUT2D eigenvalue weighted by Crippen LogP contribution is 2.11. The summed E-state index contributed by atoms with van der Waals surface area (Å²) in [6, 6.07) is 7.51. The Morgan fingerprint density at radius 1 is 1.44 bits per heavy atom. The molecule has 0 heterocycles. The van der Waals surface area contributed by atoms with Crippen LogP contribution in [0.25, 0.3) is 0 Å². The summed E-state index contributed by atoms with van der Waals surface area (Å²) >= 11 is 0. The van der Waals surface area contributed by atoms with Crippen LogP contribution >= 0.6 is 0 Å². The maximum atomic E-state index is 11.9. The van der Waals surface area contributed by atoms with E-state index in [9.17, 15) is 4.79 Å². The molecule has 0 aliphatic carbocycles. The van der Waals surface area contributed by atoms with Gasteiger partial charge in [-0.15, -0.1) is 0 Å². The fourth-order valence-electron chi connectivity index (χ4n) is 1.89. The van der Waals surface area contributed by atoms with Crippen LogP contribution in [0.2, 0.25) is 0 Å². The lowest BCUT2D eigenvalue weighted by Gasteiger charge is -2.17. The Labute approximate surface area is 109 Å². The molecule has 0 saturated carbocycles. The summed E-state index contributed by atoms with van der Waals surface area (Å²) < 4.78 is 5.09. The van der Waals surface area contributed by atoms with Crippen LogP contribution in [0.5, 0.6) is 0 Å². The lowest BCUT2D eigenvalue weighted by Crippen LogP contribution is -2.38. The van der Waals surface area contributed by atoms with Crippen molar-refractivity contribution in [2.24, 2.45) is 0 Å². The van der Waals surface area contributed by atoms with E-state index in [1.807, 2.05) is 18.2 Å². The highest BCUT2D eigenvalue weighted by molar-refractivity contribution is 5.80. The number of ether oxygens (including phenoxy) is 1. The standard InChI is InChI=1S/C14H22N2O2/c1-3-6-12(10-18-2)16-14(17)9-11-7-4-5-8-13(11)15/h4-5,7-8,12H,3,6,9-10,15H2,1-2H3,(H,16,17). The average Bonchev–Trinajstić information content (AvgIpc) is 2.33. The summed E-state index contributed by atoms with van der Waals surface area (Å²) in [7, 11) is 1.64. The first-order valence-corrected chi connectivity index (χ1v) is 6.29. The number of amides is 1. The minimum Gasteiger partial charge on any atom is -0.398 e. The summed E-state index contributed by atoms with van der Waals surface area (Å²) in [5.41, 5.74) is 7.33. The largest absolute Gasteiger partial charge is 0.398 e. The van der Waals surface area contributed by atoms with Gasteiger partial charge in [0.25, 0.3) is 0 Å². The first-order chi connectivity index (χ1) is 8.67. The van der Waals surface area contributed by atoms with Gasteiger partial charge in [-0.1, -0.05) is 31.5 Å². The van der Waals surface area contributed by atoms with Crippen LogP contribution in [0.4, 0.5) is 5.69 Å². The molecule has 1 atom stereocenters. The molecular weight excluding hydrogens is 228 g/mol. The molecule has 1 aromatic carbocycles. The third-order valence-electron chi connectivity index (χ3n) is 2.78. The molecule has 1 amide bonds. The van der Waals surface area contributed by atoms with Crippen LogP contribution in [-0.2, 0) is 16.0 Å². The zero-order valence-corrected chi connectivity index (χ0v) is 11.1. The van der Waals surface area contributed by atoms with Crippen molar-refractivity contribution >= 4 is 11.6 Å². The predicted molar refractivity (Wildman–Crippen MR) is 73.3 cm³/mol. The highest BCUT2D eigenvalue weighted by Gasteiger charge is 2.12. The summed E-state index contributed by atoms with van der Waals surface area (Å²) in [4.78, 5) is 11.9. The minimum atomic E-state index is -0.0107. The van der Waals surface area contributed by atoms with Crippen molar-refractivity contribution in [2.45, 2.75) is 32.2 Å². The van der Waals surface area contributed by atoms with Gasteiger partial charge < -0.3 is 15.8 Å². The molecule has 0 spiro atoms. The number of para-hydroxylation sites is 1. The molecule has 1 unspecified atom stereocenters. The van der Waals surface area contributed by atoms with Crippen molar-refractivity contribution < 1.29 is 9.53 Å². The Bertz CT molecular complexity index is 374. The van der Waals surface area contributed by atoms with E-state index >= 15 is 0 Å². The van der Waals surface area contributed by atoms with E-state index in [1.54, 1.807) is 13.2 Å². The zero-order chi connectivity index (χ0) is 13.4. The first-order valence-electron chi connectivity index (χ1n) is 6.29. The van der Waals surface area contributed by atoms with Gasteiger partial charge in [0.1, 0.15) is 0 Å². The number of carbonyl (C=O) groups is 1. The number of carbonyl (C=O) groups excluding carboxylic acids is 1. The van der Waals surface area contributed by atoms with Crippen LogP contribution in [0, 0.1) is 0 Å². The van der Waals surface area contributed by atoms with E-state index in [2.05, 4.69) is 12.2 Å². The third-order valence-corrected chi connectivity index (χ3v) is 2.78. The minimum absolute atomic E-state index is 0.0107. The van der Waals surface area contributed by atoms with Gasteiger partial charge in [-0.3, -0.25) is 4.79 Å². The van der Waals surface area contributed by atoms with Crippen molar-refractivity contribution in [3.63, 3.8) is 0 Å². The lowest BCUT2D eigenvalue weighted by atomic mass is 10.1. The molecule has 0 radical (unpaired) electrons. The van der Waals surface area contributed by atoms with Crippen molar-refractivity contribution in [2.75, 3.05) is 19.5 Å². The maximum Gasteiger partial charge on any atom is 0.224 e. The van der Waals surface area contributed by atoms with Gasteiger partial charge in [0, 0.05) is 12.8 Å². The van der Waals surface area contributed by atoms with Crippen LogP contribution in [0.1, 0.15) is 25.3 Å². The van der Waals surface area contributed by atoms with Crippen molar-refractivity contribution in [1.82, 2.24) is 5.32 Å². The molecule has 0 aromatic heterocycles. The van der Waals surface area contributed by atoms with Crippen LogP contribution in [-0.4, -0.2) is 25.7 Å². The average molecular weight is 250 g/mol. The van der Waals surface area contributed by atoms with Crippen molar-refractivity contribution in [1.29, 1.82) is 0 Å². The third kappa shape index (κ3) is 4.75. The number of nitrogen functional groups attached to an aromatic ring is 1. The second kappa shape index (κ2) is 7.71. The van der Waals surface area contributed by atoms with Gasteiger partial charge in [0.2, 0.25) is 5.91 Å². The summed E-state index contributed by atoms with van der Waals surface area (Å²) in [5.74, 6) is -0.0107. The molecule has 3 N–H and O–H groups in total. The Morgan fingerprint density at radius 2 is 2.17 bits per heavy atom.